The second-order valence-electron chi connectivity index (χ2n) is 3.85. The van der Waals surface area contributed by atoms with Gasteiger partial charge in [0, 0.05) is 6.54 Å². The first-order valence-corrected chi connectivity index (χ1v) is 5.00. The maximum atomic E-state index is 5.45. The molecule has 0 aromatic carbocycles. The van der Waals surface area contributed by atoms with Crippen molar-refractivity contribution in [2.24, 2.45) is 5.92 Å². The Balaban J connectivity index is 1.67. The summed E-state index contributed by atoms with van der Waals surface area (Å²) in [5.41, 5.74) is 5.45. The van der Waals surface area contributed by atoms with Crippen molar-refractivity contribution < 1.29 is 0 Å². The van der Waals surface area contributed by atoms with Crippen LogP contribution in [0, 0.1) is 5.92 Å². The molecule has 1 aromatic heterocycles. The molecule has 1 fully saturated rings. The Morgan fingerprint density at radius 2 is 2.38 bits per heavy atom. The minimum Gasteiger partial charge on any atom is -0.381 e. The van der Waals surface area contributed by atoms with Gasteiger partial charge in [0.25, 0.3) is 0 Å². The van der Waals surface area contributed by atoms with Crippen LogP contribution in [0.1, 0.15) is 32.1 Å². The monoisotopic (exact) mass is 180 g/mol. The molecule has 13 heavy (non-hydrogen) atoms. The van der Waals surface area contributed by atoms with Crippen LogP contribution in [0.5, 0.6) is 0 Å². The number of hydrogen-bond donors (Lipinski definition) is 1. The Labute approximate surface area is 78.1 Å². The number of nitrogens with zero attached hydrogens (tertiary/aromatic N) is 3. The summed E-state index contributed by atoms with van der Waals surface area (Å²) in [6.07, 6.45) is 8.62. The lowest BCUT2D eigenvalue weighted by atomic mass is 9.82. The van der Waals surface area contributed by atoms with Gasteiger partial charge in [0.1, 0.15) is 0 Å². The second kappa shape index (κ2) is 3.77. The highest BCUT2D eigenvalue weighted by molar-refractivity contribution is 5.19. The number of aryl methyl sites for hydroxylation is 1. The summed E-state index contributed by atoms with van der Waals surface area (Å²) in [7, 11) is 0. The van der Waals surface area contributed by atoms with Crippen LogP contribution in [-0.2, 0) is 6.54 Å². The van der Waals surface area contributed by atoms with Gasteiger partial charge in [-0.2, -0.15) is 0 Å². The van der Waals surface area contributed by atoms with Gasteiger partial charge >= 0.3 is 0 Å². The van der Waals surface area contributed by atoms with E-state index in [-0.39, 0.29) is 0 Å². The SMILES string of the molecule is Nc1cn(CCCC2CCC2)nn1. The van der Waals surface area contributed by atoms with Crippen LogP contribution in [0.4, 0.5) is 5.82 Å². The van der Waals surface area contributed by atoms with E-state index in [1.165, 1.54) is 32.1 Å². The Bertz CT molecular complexity index is 264. The largest absolute Gasteiger partial charge is 0.381 e. The third kappa shape index (κ3) is 2.20. The molecule has 4 nitrogen and oxygen atoms in total. The third-order valence-corrected chi connectivity index (χ3v) is 2.78. The van der Waals surface area contributed by atoms with E-state index >= 15 is 0 Å². The molecule has 1 aliphatic rings. The van der Waals surface area contributed by atoms with Gasteiger partial charge < -0.3 is 5.73 Å². The Kier molecular flexibility index (Phi) is 2.47. The smallest absolute Gasteiger partial charge is 0.165 e. The second-order valence-corrected chi connectivity index (χ2v) is 3.85. The minimum atomic E-state index is 0.517. The lowest BCUT2D eigenvalue weighted by Gasteiger charge is -2.24. The normalized spacial score (nSPS) is 17.2. The zero-order valence-electron chi connectivity index (χ0n) is 7.82. The summed E-state index contributed by atoms with van der Waals surface area (Å²) in [5, 5.41) is 7.64. The molecule has 1 aromatic rings. The molecular weight excluding hydrogens is 164 g/mol. The van der Waals surface area contributed by atoms with Crippen LogP contribution >= 0.6 is 0 Å². The van der Waals surface area contributed by atoms with Crippen LogP contribution in [0.2, 0.25) is 0 Å². The van der Waals surface area contributed by atoms with E-state index in [4.69, 9.17) is 5.73 Å². The topological polar surface area (TPSA) is 56.7 Å². The summed E-state index contributed by atoms with van der Waals surface area (Å²) in [5.74, 6) is 1.50. The Hall–Kier alpha value is -1.06. The van der Waals surface area contributed by atoms with Crippen molar-refractivity contribution in [3.63, 3.8) is 0 Å². The van der Waals surface area contributed by atoms with Crippen molar-refractivity contribution in [3.05, 3.63) is 6.20 Å². The number of nitrogen functional groups attached to an aromatic ring is 1. The molecule has 0 amide bonds. The molecule has 72 valence electrons. The lowest BCUT2D eigenvalue weighted by Crippen LogP contribution is -2.11. The first-order valence-electron chi connectivity index (χ1n) is 5.00. The van der Waals surface area contributed by atoms with Gasteiger partial charge in [-0.15, -0.1) is 5.10 Å². The van der Waals surface area contributed by atoms with Crippen molar-refractivity contribution in [2.45, 2.75) is 38.6 Å². The van der Waals surface area contributed by atoms with Gasteiger partial charge in [0.05, 0.1) is 6.20 Å². The van der Waals surface area contributed by atoms with E-state index in [1.54, 1.807) is 6.20 Å². The van der Waals surface area contributed by atoms with E-state index in [9.17, 15) is 0 Å². The van der Waals surface area contributed by atoms with E-state index < -0.39 is 0 Å². The zero-order chi connectivity index (χ0) is 9.10. The fourth-order valence-electron chi connectivity index (χ4n) is 1.75. The quantitative estimate of drug-likeness (QED) is 0.762. The van der Waals surface area contributed by atoms with Gasteiger partial charge in [0.15, 0.2) is 5.82 Å². The summed E-state index contributed by atoms with van der Waals surface area (Å²) in [4.78, 5) is 0. The highest BCUT2D eigenvalue weighted by atomic mass is 15.4. The number of nitrogens with two attached hydrogens (primary N) is 1. The van der Waals surface area contributed by atoms with Gasteiger partial charge in [-0.05, 0) is 18.8 Å². The molecule has 0 spiro atoms. The van der Waals surface area contributed by atoms with Gasteiger partial charge in [-0.1, -0.05) is 24.5 Å². The summed E-state index contributed by atoms with van der Waals surface area (Å²) in [6, 6.07) is 0. The average Bonchev–Trinajstić information content (AvgIpc) is 2.42. The molecule has 1 heterocycles. The van der Waals surface area contributed by atoms with E-state index in [2.05, 4.69) is 10.3 Å². The molecular formula is C9H16N4. The van der Waals surface area contributed by atoms with E-state index in [0.29, 0.717) is 5.82 Å². The van der Waals surface area contributed by atoms with Crippen LogP contribution in [0.15, 0.2) is 6.20 Å². The van der Waals surface area contributed by atoms with Crippen molar-refractivity contribution >= 4 is 5.82 Å². The van der Waals surface area contributed by atoms with Gasteiger partial charge in [-0.3, -0.25) is 4.68 Å². The first kappa shape index (κ1) is 8.53. The highest BCUT2D eigenvalue weighted by Gasteiger charge is 2.16. The molecule has 1 aliphatic carbocycles. The number of rotatable bonds is 4. The van der Waals surface area contributed by atoms with Crippen LogP contribution in [-0.4, -0.2) is 15.0 Å². The van der Waals surface area contributed by atoms with E-state index in [0.717, 1.165) is 12.5 Å². The van der Waals surface area contributed by atoms with Crippen LogP contribution < -0.4 is 5.73 Å². The fourth-order valence-corrected chi connectivity index (χ4v) is 1.75. The molecule has 1 saturated carbocycles. The van der Waals surface area contributed by atoms with Crippen LogP contribution in [0.3, 0.4) is 0 Å². The molecule has 4 heteroatoms. The molecule has 2 N–H and O–H groups in total. The van der Waals surface area contributed by atoms with Gasteiger partial charge in [-0.25, -0.2) is 0 Å². The summed E-state index contributed by atoms with van der Waals surface area (Å²) >= 11 is 0. The summed E-state index contributed by atoms with van der Waals surface area (Å²) in [6.45, 7) is 0.959. The van der Waals surface area contributed by atoms with Crippen molar-refractivity contribution in [2.75, 3.05) is 5.73 Å². The predicted octanol–water partition coefficient (Wildman–Crippen LogP) is 1.44. The third-order valence-electron chi connectivity index (χ3n) is 2.78. The van der Waals surface area contributed by atoms with Gasteiger partial charge in [0.2, 0.25) is 0 Å². The maximum absolute atomic E-state index is 5.45. The Morgan fingerprint density at radius 3 is 2.92 bits per heavy atom. The van der Waals surface area contributed by atoms with Crippen molar-refractivity contribution in [3.8, 4) is 0 Å². The highest BCUT2D eigenvalue weighted by Crippen LogP contribution is 2.30. The molecule has 0 radical (unpaired) electrons. The summed E-state index contributed by atoms with van der Waals surface area (Å²) < 4.78 is 1.83. The minimum absolute atomic E-state index is 0.517. The van der Waals surface area contributed by atoms with Crippen LogP contribution in [0.25, 0.3) is 0 Å². The Morgan fingerprint density at radius 1 is 1.54 bits per heavy atom. The molecule has 2 rings (SSSR count). The van der Waals surface area contributed by atoms with Crippen molar-refractivity contribution in [1.29, 1.82) is 0 Å². The van der Waals surface area contributed by atoms with Crippen molar-refractivity contribution in [1.82, 2.24) is 15.0 Å². The lowest BCUT2D eigenvalue weighted by molar-refractivity contribution is 0.282. The number of hydrogen-bond acceptors (Lipinski definition) is 3. The maximum Gasteiger partial charge on any atom is 0.165 e. The number of aromatic nitrogens is 3. The van der Waals surface area contributed by atoms with E-state index in [1.807, 2.05) is 4.68 Å². The fraction of sp³-hybridized carbons (Fsp3) is 0.778. The number of anilines is 1. The first-order chi connectivity index (χ1) is 6.34. The molecule has 0 saturated heterocycles. The molecule has 0 bridgehead atoms. The molecule has 0 atom stereocenters. The predicted molar refractivity (Wildman–Crippen MR) is 51.0 cm³/mol. The average molecular weight is 180 g/mol. The molecule has 0 unspecified atom stereocenters. The standard InChI is InChI=1S/C9H16N4/c10-9-7-13(12-11-9)6-2-5-8-3-1-4-8/h7-8H,1-6,10H2. The molecule has 0 aliphatic heterocycles. The zero-order valence-corrected chi connectivity index (χ0v) is 7.82.